The second kappa shape index (κ2) is 8.51. The van der Waals surface area contributed by atoms with Gasteiger partial charge in [-0.25, -0.2) is 13.2 Å². The van der Waals surface area contributed by atoms with Crippen LogP contribution in [0.4, 0.5) is 5.69 Å². The number of carbonyl (C=O) groups is 3. The summed E-state index contributed by atoms with van der Waals surface area (Å²) in [5.74, 6) is -1.10. The Balaban J connectivity index is 2.16. The van der Waals surface area contributed by atoms with E-state index in [4.69, 9.17) is 0 Å². The summed E-state index contributed by atoms with van der Waals surface area (Å²) >= 11 is 0. The van der Waals surface area contributed by atoms with Crippen molar-refractivity contribution in [2.24, 2.45) is 0 Å². The largest absolute Gasteiger partial charge is 0.465 e. The normalized spacial score (nSPS) is 18.0. The van der Waals surface area contributed by atoms with Gasteiger partial charge in [-0.05, 0) is 37.6 Å². The number of anilines is 1. The zero-order valence-corrected chi connectivity index (χ0v) is 16.5. The van der Waals surface area contributed by atoms with E-state index in [1.165, 1.54) is 36.0 Å². The van der Waals surface area contributed by atoms with Gasteiger partial charge in [0.25, 0.3) is 0 Å². The zero-order valence-electron chi connectivity index (χ0n) is 15.7. The first-order valence-electron chi connectivity index (χ1n) is 8.65. The molecular weight excluding hydrogens is 372 g/mol. The lowest BCUT2D eigenvalue weighted by Crippen LogP contribution is -2.47. The Labute approximate surface area is 159 Å². The van der Waals surface area contributed by atoms with E-state index >= 15 is 0 Å². The van der Waals surface area contributed by atoms with E-state index < -0.39 is 15.8 Å². The first-order chi connectivity index (χ1) is 12.7. The van der Waals surface area contributed by atoms with Gasteiger partial charge in [0, 0.05) is 25.2 Å². The molecule has 1 unspecified atom stereocenters. The van der Waals surface area contributed by atoms with Gasteiger partial charge in [0.15, 0.2) is 9.84 Å². The fraction of sp³-hybridized carbons (Fsp3) is 0.500. The van der Waals surface area contributed by atoms with Crippen molar-refractivity contribution >= 4 is 33.3 Å². The van der Waals surface area contributed by atoms with Gasteiger partial charge in [0.1, 0.15) is 6.54 Å². The van der Waals surface area contributed by atoms with Crippen LogP contribution in [0, 0.1) is 0 Å². The maximum Gasteiger partial charge on any atom is 0.337 e. The number of likely N-dealkylation sites (N-methyl/N-ethyl adjacent to an activating group) is 1. The van der Waals surface area contributed by atoms with Crippen LogP contribution in [-0.2, 0) is 24.2 Å². The summed E-state index contributed by atoms with van der Waals surface area (Å²) in [6.07, 6.45) is 0.413. The molecule has 9 heteroatoms. The highest BCUT2D eigenvalue weighted by Gasteiger charge is 2.34. The van der Waals surface area contributed by atoms with Crippen LogP contribution in [0.1, 0.15) is 30.6 Å². The number of hydrogen-bond acceptors (Lipinski definition) is 6. The second-order valence-corrected chi connectivity index (χ2v) is 8.61. The van der Waals surface area contributed by atoms with E-state index in [2.05, 4.69) is 4.74 Å². The number of benzene rings is 1. The standard InChI is InChI=1S/C18H24N2O6S/c1-4-19(16-9-10-27(24,25)12-16)17(22)11-20(13(2)21)15-7-5-14(6-8-15)18(23)26-3/h5-8,16H,4,9-12H2,1-3H3. The summed E-state index contributed by atoms with van der Waals surface area (Å²) in [6, 6.07) is 5.81. The molecule has 148 valence electrons. The summed E-state index contributed by atoms with van der Waals surface area (Å²) in [6.45, 7) is 3.30. The van der Waals surface area contributed by atoms with Crippen LogP contribution in [0.5, 0.6) is 0 Å². The van der Waals surface area contributed by atoms with Gasteiger partial charge in [-0.15, -0.1) is 0 Å². The number of sulfone groups is 1. The molecule has 1 atom stereocenters. The van der Waals surface area contributed by atoms with E-state index in [1.807, 2.05) is 0 Å². The molecule has 0 spiro atoms. The number of carbonyl (C=O) groups excluding carboxylic acids is 3. The molecule has 2 rings (SSSR count). The zero-order chi connectivity index (χ0) is 20.2. The summed E-state index contributed by atoms with van der Waals surface area (Å²) < 4.78 is 28.1. The lowest BCUT2D eigenvalue weighted by molar-refractivity contribution is -0.132. The number of ether oxygens (including phenoxy) is 1. The average molecular weight is 396 g/mol. The Bertz CT molecular complexity index is 819. The molecule has 2 amide bonds. The third-order valence-electron chi connectivity index (χ3n) is 4.58. The van der Waals surface area contributed by atoms with Crippen molar-refractivity contribution in [3.05, 3.63) is 29.8 Å². The van der Waals surface area contributed by atoms with Crippen molar-refractivity contribution in [2.75, 3.05) is 36.6 Å². The van der Waals surface area contributed by atoms with Crippen LogP contribution in [0.25, 0.3) is 0 Å². The Morgan fingerprint density at radius 2 is 1.81 bits per heavy atom. The molecule has 1 aromatic carbocycles. The number of rotatable bonds is 6. The van der Waals surface area contributed by atoms with Crippen LogP contribution >= 0.6 is 0 Å². The molecule has 1 aliphatic rings. The lowest BCUT2D eigenvalue weighted by Gasteiger charge is -2.30. The van der Waals surface area contributed by atoms with E-state index in [0.717, 1.165) is 0 Å². The van der Waals surface area contributed by atoms with Crippen LogP contribution in [0.15, 0.2) is 24.3 Å². The topological polar surface area (TPSA) is 101 Å². The SMILES string of the molecule is CCN(C(=O)CN(C(C)=O)c1ccc(C(=O)OC)cc1)C1CCS(=O)(=O)C1. The predicted octanol–water partition coefficient (Wildman–Crippen LogP) is 0.862. The molecule has 1 aromatic rings. The van der Waals surface area contributed by atoms with Crippen molar-refractivity contribution in [1.82, 2.24) is 4.90 Å². The Morgan fingerprint density at radius 3 is 2.26 bits per heavy atom. The minimum atomic E-state index is -3.11. The van der Waals surface area contributed by atoms with Crippen LogP contribution in [0.3, 0.4) is 0 Å². The van der Waals surface area contributed by atoms with Crippen LogP contribution in [-0.4, -0.2) is 68.8 Å². The van der Waals surface area contributed by atoms with Gasteiger partial charge in [-0.1, -0.05) is 0 Å². The quantitative estimate of drug-likeness (QED) is 0.661. The smallest absolute Gasteiger partial charge is 0.337 e. The molecule has 1 aliphatic heterocycles. The van der Waals surface area contributed by atoms with Crippen molar-refractivity contribution in [3.8, 4) is 0 Å². The second-order valence-electron chi connectivity index (χ2n) is 6.38. The molecule has 1 saturated heterocycles. The molecule has 0 N–H and O–H groups in total. The van der Waals surface area contributed by atoms with Crippen molar-refractivity contribution in [1.29, 1.82) is 0 Å². The lowest BCUT2D eigenvalue weighted by atomic mass is 10.2. The molecule has 27 heavy (non-hydrogen) atoms. The summed E-state index contributed by atoms with van der Waals surface area (Å²) in [5, 5.41) is 0. The van der Waals surface area contributed by atoms with E-state index in [-0.39, 0.29) is 35.9 Å². The van der Waals surface area contributed by atoms with Gasteiger partial charge < -0.3 is 14.5 Å². The Kier molecular flexibility index (Phi) is 6.59. The maximum atomic E-state index is 12.7. The fourth-order valence-corrected chi connectivity index (χ4v) is 4.90. The molecule has 0 radical (unpaired) electrons. The molecule has 0 saturated carbocycles. The van der Waals surface area contributed by atoms with Gasteiger partial charge >= 0.3 is 5.97 Å². The van der Waals surface area contributed by atoms with Crippen molar-refractivity contribution < 1.29 is 27.5 Å². The summed E-state index contributed by atoms with van der Waals surface area (Å²) in [4.78, 5) is 39.1. The molecule has 0 bridgehead atoms. The highest BCUT2D eigenvalue weighted by atomic mass is 32.2. The third-order valence-corrected chi connectivity index (χ3v) is 6.33. The minimum absolute atomic E-state index is 0.0412. The highest BCUT2D eigenvalue weighted by Crippen LogP contribution is 2.20. The van der Waals surface area contributed by atoms with Gasteiger partial charge in [-0.2, -0.15) is 0 Å². The number of hydrogen-bond donors (Lipinski definition) is 0. The molecule has 1 fully saturated rings. The van der Waals surface area contributed by atoms with Gasteiger partial charge in [0.2, 0.25) is 11.8 Å². The fourth-order valence-electron chi connectivity index (χ4n) is 3.17. The number of amides is 2. The molecule has 1 heterocycles. The first kappa shape index (κ1) is 20.9. The molecule has 0 aromatic heterocycles. The van der Waals surface area contributed by atoms with Crippen LogP contribution in [0.2, 0.25) is 0 Å². The van der Waals surface area contributed by atoms with E-state index in [0.29, 0.717) is 24.2 Å². The summed E-state index contributed by atoms with van der Waals surface area (Å²) in [5.41, 5.74) is 0.807. The minimum Gasteiger partial charge on any atom is -0.465 e. The van der Waals surface area contributed by atoms with Gasteiger partial charge in [0.05, 0.1) is 24.2 Å². The van der Waals surface area contributed by atoms with Gasteiger partial charge in [-0.3, -0.25) is 9.59 Å². The van der Waals surface area contributed by atoms with Crippen molar-refractivity contribution in [3.63, 3.8) is 0 Å². The van der Waals surface area contributed by atoms with Crippen molar-refractivity contribution in [2.45, 2.75) is 26.3 Å². The first-order valence-corrected chi connectivity index (χ1v) is 10.5. The molecule has 0 aliphatic carbocycles. The molecular formula is C18H24N2O6S. The van der Waals surface area contributed by atoms with E-state index in [9.17, 15) is 22.8 Å². The Hall–Kier alpha value is -2.42. The number of esters is 1. The third kappa shape index (κ3) is 5.06. The van der Waals surface area contributed by atoms with E-state index in [1.54, 1.807) is 19.1 Å². The highest BCUT2D eigenvalue weighted by molar-refractivity contribution is 7.91. The Morgan fingerprint density at radius 1 is 1.19 bits per heavy atom. The average Bonchev–Trinajstić information content (AvgIpc) is 2.99. The summed E-state index contributed by atoms with van der Waals surface area (Å²) in [7, 11) is -1.84. The predicted molar refractivity (Wildman–Crippen MR) is 100 cm³/mol. The number of nitrogens with zero attached hydrogens (tertiary/aromatic N) is 2. The maximum absolute atomic E-state index is 12.7. The number of methoxy groups -OCH3 is 1. The molecule has 8 nitrogen and oxygen atoms in total. The van der Waals surface area contributed by atoms with Crippen LogP contribution < -0.4 is 4.90 Å². The monoisotopic (exact) mass is 396 g/mol.